The molecular formula is C26H24N2O15P2-2. The first-order chi connectivity index (χ1) is 21.2. The Hall–Kier alpha value is -4.21. The molecule has 240 valence electrons. The Bertz CT molecular complexity index is 1740. The normalized spacial score (nSPS) is 22.1. The average molecular weight is 666 g/mol. The van der Waals surface area contributed by atoms with Crippen LogP contribution in [0, 0.1) is 0 Å². The Kier molecular flexibility index (Phi) is 10.7. The van der Waals surface area contributed by atoms with E-state index in [0.717, 1.165) is 16.8 Å². The number of carbonyl (C=O) groups is 3. The highest BCUT2D eigenvalue weighted by Gasteiger charge is 2.51. The van der Waals surface area contributed by atoms with Gasteiger partial charge in [-0.2, -0.15) is 0 Å². The van der Waals surface area contributed by atoms with Gasteiger partial charge in [0.05, 0.1) is 24.2 Å². The van der Waals surface area contributed by atoms with Crippen molar-refractivity contribution in [1.29, 1.82) is 0 Å². The molecule has 0 amide bonds. The number of hydrogen-bond acceptors (Lipinski definition) is 14. The zero-order valence-electron chi connectivity index (χ0n) is 22.9. The lowest BCUT2D eigenvalue weighted by Crippen LogP contribution is -2.43. The lowest BCUT2D eigenvalue weighted by Gasteiger charge is -2.32. The summed E-state index contributed by atoms with van der Waals surface area (Å²) in [6.45, 7) is -1.10. The van der Waals surface area contributed by atoms with Crippen LogP contribution in [-0.2, 0) is 37.0 Å². The maximum Gasteiger partial charge on any atom is 0.338 e. The first-order valence-electron chi connectivity index (χ1n) is 12.9. The number of rotatable bonds is 13. The number of nitrogens with one attached hydrogen (secondary N) is 1. The number of aromatic amines is 1. The summed E-state index contributed by atoms with van der Waals surface area (Å²) in [6, 6.07) is 15.9. The fraction of sp³-hybridized carbons (Fsp3) is 0.269. The van der Waals surface area contributed by atoms with Gasteiger partial charge in [-0.1, -0.05) is 36.4 Å². The molecule has 19 heteroatoms. The molecule has 1 aliphatic rings. The van der Waals surface area contributed by atoms with Crippen LogP contribution in [0.25, 0.3) is 0 Å². The van der Waals surface area contributed by atoms with Gasteiger partial charge in [0.1, 0.15) is 13.7 Å². The van der Waals surface area contributed by atoms with Gasteiger partial charge in [-0.3, -0.25) is 28.0 Å². The second-order valence-electron chi connectivity index (χ2n) is 9.36. The molecule has 0 spiro atoms. The number of hydrogen-bond donors (Lipinski definition) is 2. The third kappa shape index (κ3) is 9.15. The number of carbonyl (C=O) groups excluding carboxylic acids is 2. The van der Waals surface area contributed by atoms with Crippen molar-refractivity contribution in [1.82, 2.24) is 9.55 Å². The summed E-state index contributed by atoms with van der Waals surface area (Å²) >= 11 is 0. The third-order valence-corrected chi connectivity index (χ3v) is 9.17. The maximum atomic E-state index is 13.1. The average Bonchev–Trinajstić information content (AvgIpc) is 3.31. The van der Waals surface area contributed by atoms with E-state index < -0.39 is 88.3 Å². The number of phosphoric acid groups is 1. The van der Waals surface area contributed by atoms with Crippen molar-refractivity contribution in [3.05, 3.63) is 105 Å². The largest absolute Gasteiger partial charge is 0.778 e. The molecule has 0 aliphatic carbocycles. The van der Waals surface area contributed by atoms with Crippen LogP contribution in [0.4, 0.5) is 0 Å². The summed E-state index contributed by atoms with van der Waals surface area (Å²) < 4.78 is 51.0. The van der Waals surface area contributed by atoms with Crippen molar-refractivity contribution in [2.24, 2.45) is 0 Å². The summed E-state index contributed by atoms with van der Waals surface area (Å²) in [5.74, 6) is -3.47. The van der Waals surface area contributed by atoms with Crippen LogP contribution < -0.4 is 21.0 Å². The van der Waals surface area contributed by atoms with E-state index in [0.29, 0.717) is 0 Å². The Morgan fingerprint density at radius 3 is 1.98 bits per heavy atom. The summed E-state index contributed by atoms with van der Waals surface area (Å²) in [5, 5.41) is 8.69. The number of aliphatic carboxylic acids is 1. The molecule has 2 N–H and O–H groups in total. The smallest absolute Gasteiger partial charge is 0.338 e. The number of aromatic nitrogens is 2. The molecule has 3 unspecified atom stereocenters. The molecule has 6 atom stereocenters. The Balaban J connectivity index is 1.68. The highest BCUT2D eigenvalue weighted by molar-refractivity contribution is 7.62. The minimum Gasteiger partial charge on any atom is -0.778 e. The first-order valence-corrected chi connectivity index (χ1v) is 16.1. The summed E-state index contributed by atoms with van der Waals surface area (Å²) in [6.07, 6.45) is -7.79. The monoisotopic (exact) mass is 666 g/mol. The molecule has 0 radical (unpaired) electrons. The van der Waals surface area contributed by atoms with E-state index in [1.807, 2.05) is 4.98 Å². The molecule has 45 heavy (non-hydrogen) atoms. The third-order valence-electron chi connectivity index (χ3n) is 6.14. The van der Waals surface area contributed by atoms with Crippen molar-refractivity contribution in [2.45, 2.75) is 31.0 Å². The van der Waals surface area contributed by atoms with E-state index in [2.05, 4.69) is 4.31 Å². The van der Waals surface area contributed by atoms with Crippen LogP contribution in [-0.4, -0.2) is 63.6 Å². The molecule has 4 rings (SSSR count). The maximum absolute atomic E-state index is 13.1. The van der Waals surface area contributed by atoms with E-state index >= 15 is 0 Å². The molecule has 1 fully saturated rings. The molecular weight excluding hydrogens is 642 g/mol. The second kappa shape index (κ2) is 14.3. The van der Waals surface area contributed by atoms with Gasteiger partial charge < -0.3 is 38.2 Å². The Morgan fingerprint density at radius 2 is 1.44 bits per heavy atom. The van der Waals surface area contributed by atoms with Gasteiger partial charge in [-0.25, -0.2) is 14.4 Å². The minimum atomic E-state index is -5.71. The van der Waals surface area contributed by atoms with Gasteiger partial charge in [0, 0.05) is 18.4 Å². The van der Waals surface area contributed by atoms with E-state index in [1.165, 1.54) is 48.5 Å². The van der Waals surface area contributed by atoms with Crippen molar-refractivity contribution in [3.63, 3.8) is 0 Å². The van der Waals surface area contributed by atoms with Crippen LogP contribution >= 0.6 is 15.4 Å². The summed E-state index contributed by atoms with van der Waals surface area (Å²) in [5.41, 5.74) is -1.75. The standard InChI is InChI=1S/C26H26N2O15P2/c29-19-11-13-28(26(34)27-19)23-22(42-25(33)17-9-5-2-6-10-17)21(41-24(32)16-7-3-1-4-8-16)18(40-23)15-39-45(37,38)43-44(35,36)14-12-20(30)31/h1-11,13,18,21-23H,12,14-15H2,(H,30,31)(H,35,36)(H,37,38)(H,27,29,34)/p-2/t18-,21+,22?,23-/m1/s1. The number of nitrogens with zero attached hydrogens (tertiary/aromatic N) is 1. The van der Waals surface area contributed by atoms with Gasteiger partial charge in [0.15, 0.2) is 18.4 Å². The fourth-order valence-electron chi connectivity index (χ4n) is 4.11. The minimum absolute atomic E-state index is 0.0264. The van der Waals surface area contributed by atoms with Crippen LogP contribution in [0.15, 0.2) is 82.5 Å². The summed E-state index contributed by atoms with van der Waals surface area (Å²) in [4.78, 5) is 87.6. The zero-order valence-corrected chi connectivity index (χ0v) is 24.7. The van der Waals surface area contributed by atoms with Gasteiger partial charge in [-0.15, -0.1) is 0 Å². The quantitative estimate of drug-likeness (QED) is 0.185. The predicted octanol–water partition coefficient (Wildman–Crippen LogP) is 0.415. The zero-order chi connectivity index (χ0) is 32.8. The van der Waals surface area contributed by atoms with Crippen LogP contribution in [0.3, 0.4) is 0 Å². The SMILES string of the molecule is O=C(O)CCP(=O)([O-])OP(=O)([O-])OC[C@H]1O[C@@H](n2ccc(=O)[nH]c2=O)C(OC(=O)c2ccccc2)[C@H]1OC(=O)c1ccccc1. The second-order valence-corrected chi connectivity index (χ2v) is 12.8. The number of phosphoric ester groups is 1. The molecule has 17 nitrogen and oxygen atoms in total. The van der Waals surface area contributed by atoms with Crippen molar-refractivity contribution in [2.75, 3.05) is 12.8 Å². The fourth-order valence-corrected chi connectivity index (χ4v) is 6.64. The molecule has 2 heterocycles. The molecule has 2 aromatic carbocycles. The van der Waals surface area contributed by atoms with E-state index in [-0.39, 0.29) is 11.1 Å². The molecule has 0 bridgehead atoms. The topological polar surface area (TPSA) is 253 Å². The number of esters is 2. The molecule has 0 saturated carbocycles. The Morgan fingerprint density at radius 1 is 0.889 bits per heavy atom. The van der Waals surface area contributed by atoms with E-state index in [9.17, 15) is 42.9 Å². The number of carboxylic acids is 1. The lowest BCUT2D eigenvalue weighted by molar-refractivity contribution is -0.234. The van der Waals surface area contributed by atoms with Gasteiger partial charge in [0.25, 0.3) is 13.4 Å². The van der Waals surface area contributed by atoms with Gasteiger partial charge in [-0.05, 0) is 24.3 Å². The number of carboxylic acid groups (broad SMARTS) is 1. The molecule has 1 aliphatic heterocycles. The first kappa shape index (κ1) is 33.7. The Labute approximate surface area is 253 Å². The number of ether oxygens (including phenoxy) is 3. The van der Waals surface area contributed by atoms with Gasteiger partial charge >= 0.3 is 23.6 Å². The van der Waals surface area contributed by atoms with Crippen LogP contribution in [0.2, 0.25) is 0 Å². The van der Waals surface area contributed by atoms with Crippen molar-refractivity contribution in [3.8, 4) is 0 Å². The lowest BCUT2D eigenvalue weighted by atomic mass is 10.1. The number of H-pyrrole nitrogens is 1. The van der Waals surface area contributed by atoms with E-state index in [1.54, 1.807) is 12.1 Å². The molecule has 1 saturated heterocycles. The highest BCUT2D eigenvalue weighted by atomic mass is 31.3. The molecule has 1 aromatic heterocycles. The number of benzene rings is 2. The highest BCUT2D eigenvalue weighted by Crippen LogP contribution is 2.55. The van der Waals surface area contributed by atoms with Crippen molar-refractivity contribution < 1.29 is 61.5 Å². The summed E-state index contributed by atoms with van der Waals surface area (Å²) in [7, 11) is -11.0. The molecule has 3 aromatic rings. The van der Waals surface area contributed by atoms with Crippen LogP contribution in [0.5, 0.6) is 0 Å². The van der Waals surface area contributed by atoms with Gasteiger partial charge in [0.2, 0.25) is 0 Å². The van der Waals surface area contributed by atoms with E-state index in [4.69, 9.17) is 23.8 Å². The predicted molar refractivity (Wildman–Crippen MR) is 146 cm³/mol. The van der Waals surface area contributed by atoms with Crippen LogP contribution in [0.1, 0.15) is 33.4 Å². The van der Waals surface area contributed by atoms with Crippen molar-refractivity contribution >= 4 is 33.3 Å².